The average molecular weight is 349 g/mol. The van der Waals surface area contributed by atoms with Crippen LogP contribution in [0.5, 0.6) is 11.5 Å². The summed E-state index contributed by atoms with van der Waals surface area (Å²) in [6.45, 7) is 2.70. The van der Waals surface area contributed by atoms with Crippen molar-refractivity contribution in [3.63, 3.8) is 0 Å². The molecule has 0 saturated carbocycles. The summed E-state index contributed by atoms with van der Waals surface area (Å²) in [4.78, 5) is 0.169. The monoisotopic (exact) mass is 349 g/mol. The number of aliphatic hydroxyl groups is 1. The molecule has 24 heavy (non-hydrogen) atoms. The molecule has 0 amide bonds. The molecule has 1 heterocycles. The van der Waals surface area contributed by atoms with Crippen LogP contribution in [0.1, 0.15) is 17.2 Å². The maximum Gasteiger partial charge on any atom is 0.240 e. The molecule has 0 bridgehead atoms. The molecule has 0 saturated heterocycles. The first-order valence-corrected chi connectivity index (χ1v) is 9.08. The van der Waals surface area contributed by atoms with E-state index >= 15 is 0 Å². The standard InChI is InChI=1S/C17H19NO5S/c1-12-2-5-14(6-3-12)24(20,21)18-11-15(19)13-4-7-16-17(10-13)23-9-8-22-16/h2-7,10,15,18-19H,8-9,11H2,1H3. The summed E-state index contributed by atoms with van der Waals surface area (Å²) in [7, 11) is -3.66. The summed E-state index contributed by atoms with van der Waals surface area (Å²) in [6, 6.07) is 11.6. The molecule has 0 spiro atoms. The van der Waals surface area contributed by atoms with E-state index in [0.717, 1.165) is 5.56 Å². The minimum Gasteiger partial charge on any atom is -0.486 e. The van der Waals surface area contributed by atoms with Crippen molar-refractivity contribution in [2.75, 3.05) is 19.8 Å². The fourth-order valence-corrected chi connectivity index (χ4v) is 3.41. The molecule has 0 aromatic heterocycles. The fraction of sp³-hybridized carbons (Fsp3) is 0.294. The maximum absolute atomic E-state index is 12.2. The Balaban J connectivity index is 1.68. The highest BCUT2D eigenvalue weighted by Gasteiger charge is 2.19. The third kappa shape index (κ3) is 3.69. The number of ether oxygens (including phenoxy) is 2. The first-order chi connectivity index (χ1) is 11.5. The number of nitrogens with one attached hydrogen (secondary N) is 1. The summed E-state index contributed by atoms with van der Waals surface area (Å²) in [5.41, 5.74) is 1.54. The molecule has 1 unspecified atom stereocenters. The summed E-state index contributed by atoms with van der Waals surface area (Å²) < 4.78 is 37.8. The van der Waals surface area contributed by atoms with Gasteiger partial charge in [0.1, 0.15) is 13.2 Å². The quantitative estimate of drug-likeness (QED) is 0.859. The van der Waals surface area contributed by atoms with Crippen molar-refractivity contribution in [3.05, 3.63) is 53.6 Å². The van der Waals surface area contributed by atoms with Crippen molar-refractivity contribution in [2.45, 2.75) is 17.9 Å². The van der Waals surface area contributed by atoms with Gasteiger partial charge in [-0.1, -0.05) is 23.8 Å². The second-order valence-electron chi connectivity index (χ2n) is 5.58. The largest absolute Gasteiger partial charge is 0.486 e. The molecular weight excluding hydrogens is 330 g/mol. The highest BCUT2D eigenvalue weighted by molar-refractivity contribution is 7.89. The van der Waals surface area contributed by atoms with Crippen molar-refractivity contribution in [1.29, 1.82) is 0 Å². The van der Waals surface area contributed by atoms with Gasteiger partial charge in [-0.3, -0.25) is 0 Å². The van der Waals surface area contributed by atoms with Crippen molar-refractivity contribution >= 4 is 10.0 Å². The van der Waals surface area contributed by atoms with Gasteiger partial charge >= 0.3 is 0 Å². The normalized spacial score (nSPS) is 15.1. The van der Waals surface area contributed by atoms with Gasteiger partial charge in [-0.05, 0) is 36.8 Å². The number of aryl methyl sites for hydroxylation is 1. The van der Waals surface area contributed by atoms with E-state index in [-0.39, 0.29) is 11.4 Å². The molecule has 128 valence electrons. The Morgan fingerprint density at radius 1 is 1.08 bits per heavy atom. The molecule has 1 atom stereocenters. The van der Waals surface area contributed by atoms with Gasteiger partial charge in [0.2, 0.25) is 10.0 Å². The predicted octanol–water partition coefficient (Wildman–Crippen LogP) is 1.78. The summed E-state index contributed by atoms with van der Waals surface area (Å²) in [5, 5.41) is 10.3. The van der Waals surface area contributed by atoms with Gasteiger partial charge in [0.15, 0.2) is 11.5 Å². The van der Waals surface area contributed by atoms with Gasteiger partial charge in [0.25, 0.3) is 0 Å². The number of hydrogen-bond acceptors (Lipinski definition) is 5. The highest BCUT2D eigenvalue weighted by atomic mass is 32.2. The van der Waals surface area contributed by atoms with Crippen molar-refractivity contribution in [1.82, 2.24) is 4.72 Å². The lowest BCUT2D eigenvalue weighted by atomic mass is 10.1. The summed E-state index contributed by atoms with van der Waals surface area (Å²) in [6.07, 6.45) is -0.985. The number of rotatable bonds is 5. The lowest BCUT2D eigenvalue weighted by Crippen LogP contribution is -2.28. The van der Waals surface area contributed by atoms with E-state index in [2.05, 4.69) is 4.72 Å². The zero-order valence-electron chi connectivity index (χ0n) is 13.2. The van der Waals surface area contributed by atoms with Crippen LogP contribution in [0.25, 0.3) is 0 Å². The first-order valence-electron chi connectivity index (χ1n) is 7.60. The number of aliphatic hydroxyl groups excluding tert-OH is 1. The van der Waals surface area contributed by atoms with Crippen LogP contribution in [-0.4, -0.2) is 33.3 Å². The van der Waals surface area contributed by atoms with Crippen LogP contribution >= 0.6 is 0 Å². The molecule has 7 heteroatoms. The van der Waals surface area contributed by atoms with E-state index in [1.807, 2.05) is 6.92 Å². The first kappa shape index (κ1) is 16.8. The Labute approximate surface area is 141 Å². The van der Waals surface area contributed by atoms with Crippen molar-refractivity contribution in [3.8, 4) is 11.5 Å². The molecule has 2 N–H and O–H groups in total. The Bertz CT molecular complexity index is 817. The maximum atomic E-state index is 12.2. The van der Waals surface area contributed by atoms with Crippen LogP contribution < -0.4 is 14.2 Å². The zero-order chi connectivity index (χ0) is 17.2. The van der Waals surface area contributed by atoms with Crippen molar-refractivity contribution in [2.24, 2.45) is 0 Å². The van der Waals surface area contributed by atoms with Crippen LogP contribution in [0.4, 0.5) is 0 Å². The molecular formula is C17H19NO5S. The Morgan fingerprint density at radius 2 is 1.75 bits per heavy atom. The molecule has 0 radical (unpaired) electrons. The molecule has 0 fully saturated rings. The molecule has 6 nitrogen and oxygen atoms in total. The van der Waals surface area contributed by atoms with E-state index in [0.29, 0.717) is 30.3 Å². The van der Waals surface area contributed by atoms with Gasteiger partial charge < -0.3 is 14.6 Å². The van der Waals surface area contributed by atoms with E-state index in [1.54, 1.807) is 30.3 Å². The summed E-state index contributed by atoms with van der Waals surface area (Å²) in [5.74, 6) is 1.18. The smallest absolute Gasteiger partial charge is 0.240 e. The van der Waals surface area contributed by atoms with Gasteiger partial charge in [-0.25, -0.2) is 13.1 Å². The SMILES string of the molecule is Cc1ccc(S(=O)(=O)NCC(O)c2ccc3c(c2)OCCO3)cc1. The summed E-state index contributed by atoms with van der Waals surface area (Å²) >= 11 is 0. The molecule has 3 rings (SSSR count). The average Bonchev–Trinajstić information content (AvgIpc) is 2.59. The Kier molecular flexibility index (Phi) is 4.75. The zero-order valence-corrected chi connectivity index (χ0v) is 14.0. The van der Waals surface area contributed by atoms with Crippen LogP contribution in [0.15, 0.2) is 47.4 Å². The fourth-order valence-electron chi connectivity index (χ4n) is 2.37. The second-order valence-corrected chi connectivity index (χ2v) is 7.35. The Morgan fingerprint density at radius 3 is 2.46 bits per heavy atom. The second kappa shape index (κ2) is 6.80. The van der Waals surface area contributed by atoms with Crippen LogP contribution in [-0.2, 0) is 10.0 Å². The van der Waals surface area contributed by atoms with E-state index < -0.39 is 16.1 Å². The third-order valence-electron chi connectivity index (χ3n) is 3.75. The molecule has 1 aliphatic heterocycles. The molecule has 0 aliphatic carbocycles. The van der Waals surface area contributed by atoms with Gasteiger partial charge in [0.05, 0.1) is 11.0 Å². The lowest BCUT2D eigenvalue weighted by molar-refractivity contribution is 0.165. The van der Waals surface area contributed by atoms with E-state index in [1.165, 1.54) is 12.1 Å². The number of fused-ring (bicyclic) bond motifs is 1. The van der Waals surface area contributed by atoms with E-state index in [9.17, 15) is 13.5 Å². The number of hydrogen-bond donors (Lipinski definition) is 2. The third-order valence-corrected chi connectivity index (χ3v) is 5.19. The number of sulfonamides is 1. The predicted molar refractivity (Wildman–Crippen MR) is 88.8 cm³/mol. The molecule has 2 aromatic rings. The Hall–Kier alpha value is -2.09. The number of benzene rings is 2. The minimum atomic E-state index is -3.66. The lowest BCUT2D eigenvalue weighted by Gasteiger charge is -2.20. The topological polar surface area (TPSA) is 84.9 Å². The van der Waals surface area contributed by atoms with Gasteiger partial charge in [-0.15, -0.1) is 0 Å². The van der Waals surface area contributed by atoms with Crippen LogP contribution in [0.2, 0.25) is 0 Å². The van der Waals surface area contributed by atoms with Crippen LogP contribution in [0.3, 0.4) is 0 Å². The highest BCUT2D eigenvalue weighted by Crippen LogP contribution is 2.32. The van der Waals surface area contributed by atoms with Gasteiger partial charge in [-0.2, -0.15) is 0 Å². The van der Waals surface area contributed by atoms with Gasteiger partial charge in [0, 0.05) is 6.54 Å². The molecule has 1 aliphatic rings. The van der Waals surface area contributed by atoms with Crippen molar-refractivity contribution < 1.29 is 23.0 Å². The van der Waals surface area contributed by atoms with Crippen LogP contribution in [0, 0.1) is 6.92 Å². The van der Waals surface area contributed by atoms with E-state index in [4.69, 9.17) is 9.47 Å². The molecule has 2 aromatic carbocycles. The minimum absolute atomic E-state index is 0.129.